The molecule has 0 aromatic carbocycles. The third kappa shape index (κ3) is 5.80. The van der Waals surface area contributed by atoms with Gasteiger partial charge in [0.05, 0.1) is 0 Å². The number of hydrogen-bond donors (Lipinski definition) is 2. The van der Waals surface area contributed by atoms with Crippen LogP contribution in [0.5, 0.6) is 0 Å². The molecule has 0 saturated heterocycles. The predicted octanol–water partition coefficient (Wildman–Crippen LogP) is 0.799. The number of rotatable bonds is 5. The first-order valence-electron chi connectivity index (χ1n) is 7.51. The average Bonchev–Trinajstić information content (AvgIpc) is 2.39. The Morgan fingerprint density at radius 1 is 1.26 bits per heavy atom. The molecule has 0 aliphatic rings. The van der Waals surface area contributed by atoms with Crippen LogP contribution in [-0.2, 0) is 18.8 Å². The van der Waals surface area contributed by atoms with Gasteiger partial charge in [-0.3, -0.25) is 13.9 Å². The Labute approximate surface area is 135 Å². The van der Waals surface area contributed by atoms with Gasteiger partial charge in [0.1, 0.15) is 11.4 Å². The van der Waals surface area contributed by atoms with Gasteiger partial charge < -0.3 is 15.4 Å². The predicted molar refractivity (Wildman–Crippen MR) is 88.9 cm³/mol. The molecule has 23 heavy (non-hydrogen) atoms. The molecule has 0 bridgehead atoms. The largest absolute Gasteiger partial charge is 0.444 e. The minimum atomic E-state index is -0.537. The van der Waals surface area contributed by atoms with Crippen molar-refractivity contribution < 1.29 is 9.53 Å². The minimum absolute atomic E-state index is 0.110. The second-order valence-corrected chi connectivity index (χ2v) is 6.53. The Morgan fingerprint density at radius 2 is 1.87 bits per heavy atom. The summed E-state index contributed by atoms with van der Waals surface area (Å²) < 4.78 is 7.58. The van der Waals surface area contributed by atoms with Crippen molar-refractivity contribution in [2.24, 2.45) is 14.1 Å². The molecule has 0 saturated carbocycles. The van der Waals surface area contributed by atoms with E-state index in [0.717, 1.165) is 4.57 Å². The van der Waals surface area contributed by atoms with E-state index in [1.54, 1.807) is 27.8 Å². The van der Waals surface area contributed by atoms with Crippen LogP contribution in [0.3, 0.4) is 0 Å². The number of alkyl carbamates (subject to hydrolysis) is 1. The molecule has 1 amide bonds. The van der Waals surface area contributed by atoms with Crippen LogP contribution in [0, 0.1) is 0 Å². The first kappa shape index (κ1) is 18.8. The summed E-state index contributed by atoms with van der Waals surface area (Å²) in [6.45, 7) is 7.76. The lowest BCUT2D eigenvalue weighted by Crippen LogP contribution is -2.39. The maximum Gasteiger partial charge on any atom is 0.407 e. The normalized spacial score (nSPS) is 12.6. The molecular formula is C15H26N4O4. The Hall–Kier alpha value is -2.25. The molecule has 0 fully saturated rings. The quantitative estimate of drug-likeness (QED) is 0.834. The smallest absolute Gasteiger partial charge is 0.407 e. The van der Waals surface area contributed by atoms with E-state index >= 15 is 0 Å². The molecule has 0 spiro atoms. The van der Waals surface area contributed by atoms with Crippen molar-refractivity contribution in [1.82, 2.24) is 14.5 Å². The van der Waals surface area contributed by atoms with Crippen LogP contribution < -0.4 is 21.9 Å². The number of ether oxygens (including phenoxy) is 1. The van der Waals surface area contributed by atoms with Gasteiger partial charge >= 0.3 is 11.8 Å². The molecule has 1 aromatic rings. The number of carbonyl (C=O) groups is 1. The van der Waals surface area contributed by atoms with Crippen molar-refractivity contribution in [2.45, 2.75) is 45.8 Å². The topological polar surface area (TPSA) is 94.4 Å². The summed E-state index contributed by atoms with van der Waals surface area (Å²) >= 11 is 0. The Morgan fingerprint density at radius 3 is 2.43 bits per heavy atom. The standard InChI is InChI=1S/C15H26N4O4/c1-10(17-13(21)23-15(2,3)4)7-8-16-11-9-12(20)19(6)14(22)18(11)5/h9-10,16H,7-8H2,1-6H3,(H,17,21)/t10-/m1/s1. The third-order valence-electron chi connectivity index (χ3n) is 3.17. The van der Waals surface area contributed by atoms with Gasteiger partial charge in [0.25, 0.3) is 5.56 Å². The number of amides is 1. The molecule has 0 unspecified atom stereocenters. The third-order valence-corrected chi connectivity index (χ3v) is 3.17. The molecule has 8 heteroatoms. The molecule has 1 aromatic heterocycles. The van der Waals surface area contributed by atoms with Crippen LogP contribution in [0.15, 0.2) is 15.7 Å². The van der Waals surface area contributed by atoms with E-state index in [-0.39, 0.29) is 17.3 Å². The number of nitrogens with one attached hydrogen (secondary N) is 2. The lowest BCUT2D eigenvalue weighted by atomic mass is 10.2. The highest BCUT2D eigenvalue weighted by Crippen LogP contribution is 2.07. The maximum absolute atomic E-state index is 11.8. The van der Waals surface area contributed by atoms with E-state index in [1.165, 1.54) is 17.7 Å². The molecule has 0 aliphatic carbocycles. The van der Waals surface area contributed by atoms with Crippen LogP contribution in [0.25, 0.3) is 0 Å². The Bertz CT molecular complexity index is 670. The molecule has 0 radical (unpaired) electrons. The number of hydrogen-bond acceptors (Lipinski definition) is 5. The molecular weight excluding hydrogens is 300 g/mol. The van der Waals surface area contributed by atoms with Gasteiger partial charge in [-0.05, 0) is 34.1 Å². The van der Waals surface area contributed by atoms with Gasteiger partial charge in [0.15, 0.2) is 0 Å². The van der Waals surface area contributed by atoms with Gasteiger partial charge in [0.2, 0.25) is 0 Å². The van der Waals surface area contributed by atoms with Crippen molar-refractivity contribution in [2.75, 3.05) is 11.9 Å². The van der Waals surface area contributed by atoms with Crippen LogP contribution in [0.4, 0.5) is 10.6 Å². The monoisotopic (exact) mass is 326 g/mol. The first-order valence-corrected chi connectivity index (χ1v) is 7.51. The van der Waals surface area contributed by atoms with E-state index < -0.39 is 11.7 Å². The van der Waals surface area contributed by atoms with Crippen molar-refractivity contribution >= 4 is 11.9 Å². The Kier molecular flexibility index (Phi) is 6.00. The van der Waals surface area contributed by atoms with E-state index in [0.29, 0.717) is 18.8 Å². The fourth-order valence-corrected chi connectivity index (χ4v) is 1.90. The maximum atomic E-state index is 11.8. The molecule has 2 N–H and O–H groups in total. The number of nitrogens with zero attached hydrogens (tertiary/aromatic N) is 2. The number of carbonyl (C=O) groups excluding carboxylic acids is 1. The van der Waals surface area contributed by atoms with Crippen LogP contribution in [0.1, 0.15) is 34.1 Å². The molecule has 0 aliphatic heterocycles. The minimum Gasteiger partial charge on any atom is -0.444 e. The summed E-state index contributed by atoms with van der Waals surface area (Å²) in [7, 11) is 3.02. The van der Waals surface area contributed by atoms with Crippen molar-refractivity contribution in [3.8, 4) is 0 Å². The van der Waals surface area contributed by atoms with Gasteiger partial charge in [-0.2, -0.15) is 0 Å². The SMILES string of the molecule is C[C@H](CCNc1cc(=O)n(C)c(=O)n1C)NC(=O)OC(C)(C)C. The van der Waals surface area contributed by atoms with Crippen molar-refractivity contribution in [3.63, 3.8) is 0 Å². The summed E-state index contributed by atoms with van der Waals surface area (Å²) in [5, 5.41) is 5.77. The van der Waals surface area contributed by atoms with E-state index in [1.807, 2.05) is 6.92 Å². The average molecular weight is 326 g/mol. The highest BCUT2D eigenvalue weighted by Gasteiger charge is 2.17. The zero-order valence-electron chi connectivity index (χ0n) is 14.6. The summed E-state index contributed by atoms with van der Waals surface area (Å²) in [5.41, 5.74) is -1.29. The van der Waals surface area contributed by atoms with Gasteiger partial charge in [0, 0.05) is 32.7 Å². The molecule has 1 atom stereocenters. The molecule has 8 nitrogen and oxygen atoms in total. The van der Waals surface area contributed by atoms with Gasteiger partial charge in [-0.15, -0.1) is 0 Å². The highest BCUT2D eigenvalue weighted by atomic mass is 16.6. The fraction of sp³-hybridized carbons (Fsp3) is 0.667. The molecule has 130 valence electrons. The summed E-state index contributed by atoms with van der Waals surface area (Å²) in [6, 6.07) is 1.26. The van der Waals surface area contributed by atoms with E-state index in [9.17, 15) is 14.4 Å². The van der Waals surface area contributed by atoms with E-state index in [2.05, 4.69) is 10.6 Å². The second kappa shape index (κ2) is 7.34. The molecule has 1 rings (SSSR count). The lowest BCUT2D eigenvalue weighted by Gasteiger charge is -2.22. The zero-order valence-corrected chi connectivity index (χ0v) is 14.6. The summed E-state index contributed by atoms with van der Waals surface area (Å²) in [5.74, 6) is 0.447. The van der Waals surface area contributed by atoms with E-state index in [4.69, 9.17) is 4.74 Å². The van der Waals surface area contributed by atoms with Gasteiger partial charge in [-0.25, -0.2) is 9.59 Å². The van der Waals surface area contributed by atoms with Crippen molar-refractivity contribution in [3.05, 3.63) is 26.9 Å². The van der Waals surface area contributed by atoms with Crippen LogP contribution >= 0.6 is 0 Å². The number of anilines is 1. The second-order valence-electron chi connectivity index (χ2n) is 6.53. The van der Waals surface area contributed by atoms with Crippen LogP contribution in [-0.4, -0.2) is 33.4 Å². The first-order chi connectivity index (χ1) is 10.5. The fourth-order valence-electron chi connectivity index (χ4n) is 1.90. The number of aromatic nitrogens is 2. The summed E-state index contributed by atoms with van der Waals surface area (Å²) in [4.78, 5) is 35.1. The summed E-state index contributed by atoms with van der Waals surface area (Å²) in [6.07, 6.45) is 0.147. The molecule has 1 heterocycles. The van der Waals surface area contributed by atoms with Crippen LogP contribution in [0.2, 0.25) is 0 Å². The highest BCUT2D eigenvalue weighted by molar-refractivity contribution is 5.68. The van der Waals surface area contributed by atoms with Crippen molar-refractivity contribution in [1.29, 1.82) is 0 Å². The van der Waals surface area contributed by atoms with Gasteiger partial charge in [-0.1, -0.05) is 0 Å². The lowest BCUT2D eigenvalue weighted by molar-refractivity contribution is 0.0507. The zero-order chi connectivity index (χ0) is 17.8. The Balaban J connectivity index is 2.53.